The van der Waals surface area contributed by atoms with Gasteiger partial charge in [0, 0.05) is 18.1 Å². The van der Waals surface area contributed by atoms with E-state index in [0.717, 1.165) is 5.01 Å². The van der Waals surface area contributed by atoms with Crippen molar-refractivity contribution in [3.05, 3.63) is 39.2 Å². The van der Waals surface area contributed by atoms with Gasteiger partial charge in [0.2, 0.25) is 0 Å². The molecular weight excluding hydrogens is 443 g/mol. The van der Waals surface area contributed by atoms with Crippen LogP contribution in [0.3, 0.4) is 0 Å². The Kier molecular flexibility index (Phi) is 8.19. The van der Waals surface area contributed by atoms with Crippen molar-refractivity contribution in [1.82, 2.24) is 15.6 Å². The van der Waals surface area contributed by atoms with Crippen molar-refractivity contribution in [3.63, 3.8) is 0 Å². The van der Waals surface area contributed by atoms with Crippen molar-refractivity contribution >= 4 is 47.2 Å². The molecule has 0 atom stereocenters. The largest absolute Gasteiger partial charge is 0.465 e. The molecule has 24 heavy (non-hydrogen) atoms. The second kappa shape index (κ2) is 9.62. The summed E-state index contributed by atoms with van der Waals surface area (Å²) in [7, 11) is 3.04. The zero-order chi connectivity index (χ0) is 16.8. The predicted octanol–water partition coefficient (Wildman–Crippen LogP) is 2.62. The first-order valence-electron chi connectivity index (χ1n) is 7.07. The average molecular weight is 464 g/mol. The number of aliphatic imine (C=N–C) groups is 1. The number of carbonyl (C=O) groups excluding carboxylic acids is 1. The molecule has 2 N–H and O–H groups in total. The fraction of sp³-hybridized carbons (Fsp3) is 0.400. The minimum atomic E-state index is -0.404. The quantitative estimate of drug-likeness (QED) is 0.306. The smallest absolute Gasteiger partial charge is 0.341 e. The first-order valence-corrected chi connectivity index (χ1v) is 7.88. The number of furan rings is 1. The van der Waals surface area contributed by atoms with Gasteiger partial charge in [-0.2, -0.15) is 0 Å². The Bertz CT molecular complexity index is 711. The van der Waals surface area contributed by atoms with Gasteiger partial charge in [-0.25, -0.2) is 9.78 Å². The maximum atomic E-state index is 11.6. The average Bonchev–Trinajstić information content (AvgIpc) is 3.12. The molecule has 9 heteroatoms. The number of hydrogen-bond donors (Lipinski definition) is 2. The number of aryl methyl sites for hydroxylation is 2. The van der Waals surface area contributed by atoms with Crippen molar-refractivity contribution in [2.24, 2.45) is 4.99 Å². The van der Waals surface area contributed by atoms with E-state index in [1.807, 2.05) is 13.1 Å². The van der Waals surface area contributed by atoms with Crippen LogP contribution >= 0.6 is 35.3 Å². The summed E-state index contributed by atoms with van der Waals surface area (Å²) >= 11 is 1.64. The summed E-state index contributed by atoms with van der Waals surface area (Å²) < 4.78 is 10.2. The van der Waals surface area contributed by atoms with Crippen LogP contribution in [-0.4, -0.2) is 31.1 Å². The van der Waals surface area contributed by atoms with Crippen LogP contribution in [0, 0.1) is 13.8 Å². The van der Waals surface area contributed by atoms with Crippen molar-refractivity contribution < 1.29 is 13.9 Å². The molecule has 0 aliphatic rings. The monoisotopic (exact) mass is 464 g/mol. The maximum Gasteiger partial charge on any atom is 0.341 e. The van der Waals surface area contributed by atoms with Gasteiger partial charge in [-0.05, 0) is 19.9 Å². The molecule has 0 aliphatic heterocycles. The molecule has 0 bridgehead atoms. The Morgan fingerprint density at radius 2 is 2.08 bits per heavy atom. The second-order valence-corrected chi connectivity index (χ2v) is 6.14. The normalized spacial score (nSPS) is 10.9. The maximum absolute atomic E-state index is 11.6. The van der Waals surface area contributed by atoms with E-state index in [1.54, 1.807) is 31.4 Å². The number of nitrogens with zero attached hydrogens (tertiary/aromatic N) is 2. The number of rotatable bonds is 5. The molecule has 0 saturated heterocycles. The van der Waals surface area contributed by atoms with Crippen LogP contribution < -0.4 is 10.6 Å². The van der Waals surface area contributed by atoms with E-state index in [9.17, 15) is 4.79 Å². The van der Waals surface area contributed by atoms with E-state index in [2.05, 4.69) is 20.6 Å². The Labute approximate surface area is 161 Å². The van der Waals surface area contributed by atoms with Gasteiger partial charge in [-0.1, -0.05) is 0 Å². The molecule has 2 heterocycles. The fourth-order valence-corrected chi connectivity index (χ4v) is 2.70. The van der Waals surface area contributed by atoms with Gasteiger partial charge in [0.15, 0.2) is 5.96 Å². The van der Waals surface area contributed by atoms with E-state index in [4.69, 9.17) is 9.15 Å². The van der Waals surface area contributed by atoms with Crippen molar-refractivity contribution in [1.29, 1.82) is 0 Å². The summed E-state index contributed by atoms with van der Waals surface area (Å²) in [6.07, 6.45) is 1.85. The Hall–Kier alpha value is -1.62. The summed E-state index contributed by atoms with van der Waals surface area (Å²) in [5.74, 6) is 1.40. The summed E-state index contributed by atoms with van der Waals surface area (Å²) in [6.45, 7) is 4.76. The number of aromatic nitrogens is 1. The first-order chi connectivity index (χ1) is 11.0. The third kappa shape index (κ3) is 5.48. The highest BCUT2D eigenvalue weighted by Crippen LogP contribution is 2.15. The molecule has 0 amide bonds. The lowest BCUT2D eigenvalue weighted by Crippen LogP contribution is -2.36. The lowest BCUT2D eigenvalue weighted by molar-refractivity contribution is 0.0599. The lowest BCUT2D eigenvalue weighted by Gasteiger charge is -2.09. The van der Waals surface area contributed by atoms with Crippen LogP contribution in [0.4, 0.5) is 0 Å². The van der Waals surface area contributed by atoms with Crippen molar-refractivity contribution in [3.8, 4) is 0 Å². The minimum Gasteiger partial charge on any atom is -0.465 e. The van der Waals surface area contributed by atoms with Crippen LogP contribution in [0.25, 0.3) is 0 Å². The van der Waals surface area contributed by atoms with Crippen molar-refractivity contribution in [2.45, 2.75) is 26.9 Å². The number of halogens is 1. The number of carbonyl (C=O) groups is 1. The number of methoxy groups -OCH3 is 1. The Morgan fingerprint density at radius 3 is 2.67 bits per heavy atom. The third-order valence-corrected chi connectivity index (χ3v) is 4.02. The van der Waals surface area contributed by atoms with Gasteiger partial charge in [0.1, 0.15) is 22.1 Å². The van der Waals surface area contributed by atoms with E-state index < -0.39 is 5.97 Å². The topological polar surface area (TPSA) is 88.8 Å². The highest BCUT2D eigenvalue weighted by atomic mass is 127. The molecule has 0 aliphatic carbocycles. The van der Waals surface area contributed by atoms with Crippen LogP contribution in [0.15, 0.2) is 21.7 Å². The fourth-order valence-electron chi connectivity index (χ4n) is 1.98. The molecule has 2 aromatic heterocycles. The number of guanidine groups is 1. The number of ether oxygens (including phenoxy) is 1. The molecule has 2 rings (SSSR count). The molecule has 0 unspecified atom stereocenters. The predicted molar refractivity (Wildman–Crippen MR) is 104 cm³/mol. The molecule has 7 nitrogen and oxygen atoms in total. The van der Waals surface area contributed by atoms with E-state index in [1.165, 1.54) is 12.0 Å². The van der Waals surface area contributed by atoms with E-state index in [-0.39, 0.29) is 24.0 Å². The molecule has 0 aromatic carbocycles. The van der Waals surface area contributed by atoms with Crippen LogP contribution in [0.5, 0.6) is 0 Å². The van der Waals surface area contributed by atoms with Gasteiger partial charge in [-0.15, -0.1) is 35.3 Å². The highest BCUT2D eigenvalue weighted by Gasteiger charge is 2.15. The standard InChI is InChI=1S/C15H20N4O3S.HI/c1-9-6-17-13(23-9)8-19-15(16-3)18-7-11-5-12(10(2)22-11)14(20)21-4;/h5-6H,7-8H2,1-4H3,(H2,16,18,19);1H. The van der Waals surface area contributed by atoms with Gasteiger partial charge in [-0.3, -0.25) is 4.99 Å². The zero-order valence-corrected chi connectivity index (χ0v) is 17.2. The lowest BCUT2D eigenvalue weighted by atomic mass is 10.2. The van der Waals surface area contributed by atoms with E-state index >= 15 is 0 Å². The van der Waals surface area contributed by atoms with Crippen LogP contribution in [-0.2, 0) is 17.8 Å². The van der Waals surface area contributed by atoms with Gasteiger partial charge >= 0.3 is 5.97 Å². The number of nitrogens with one attached hydrogen (secondary N) is 2. The Morgan fingerprint density at radius 1 is 1.38 bits per heavy atom. The third-order valence-electron chi connectivity index (χ3n) is 3.10. The SMILES string of the molecule is CN=C(NCc1cc(C(=O)OC)c(C)o1)NCc1ncc(C)s1.I. The summed E-state index contributed by atoms with van der Waals surface area (Å²) in [6, 6.07) is 1.67. The number of thiazole rings is 1. The number of hydrogen-bond acceptors (Lipinski definition) is 6. The molecule has 0 spiro atoms. The number of esters is 1. The summed E-state index contributed by atoms with van der Waals surface area (Å²) in [5, 5.41) is 7.30. The summed E-state index contributed by atoms with van der Waals surface area (Å²) in [4.78, 5) is 21.2. The van der Waals surface area contributed by atoms with Gasteiger partial charge in [0.25, 0.3) is 0 Å². The van der Waals surface area contributed by atoms with E-state index in [0.29, 0.717) is 36.1 Å². The summed E-state index contributed by atoms with van der Waals surface area (Å²) in [5.41, 5.74) is 0.436. The highest BCUT2D eigenvalue weighted by molar-refractivity contribution is 14.0. The molecule has 0 saturated carbocycles. The van der Waals surface area contributed by atoms with Gasteiger partial charge < -0.3 is 19.8 Å². The molecular formula is C15H21IN4O3S. The second-order valence-electron chi connectivity index (χ2n) is 4.82. The van der Waals surface area contributed by atoms with Crippen LogP contribution in [0.1, 0.15) is 31.8 Å². The molecule has 0 radical (unpaired) electrons. The first kappa shape index (κ1) is 20.4. The zero-order valence-electron chi connectivity index (χ0n) is 14.0. The molecule has 132 valence electrons. The van der Waals surface area contributed by atoms with Crippen molar-refractivity contribution in [2.75, 3.05) is 14.2 Å². The minimum absolute atomic E-state index is 0. The molecule has 0 fully saturated rings. The van der Waals surface area contributed by atoms with Gasteiger partial charge in [0.05, 0.1) is 20.2 Å². The Balaban J connectivity index is 0.00000288. The van der Waals surface area contributed by atoms with Crippen LogP contribution in [0.2, 0.25) is 0 Å². The molecule has 2 aromatic rings.